The molecule has 0 saturated heterocycles. The summed E-state index contributed by atoms with van der Waals surface area (Å²) in [7, 11) is 0. The van der Waals surface area contributed by atoms with E-state index in [1.54, 1.807) is 0 Å². The van der Waals surface area contributed by atoms with Crippen molar-refractivity contribution in [3.05, 3.63) is 29.8 Å². The van der Waals surface area contributed by atoms with Gasteiger partial charge in [0.2, 0.25) is 0 Å². The summed E-state index contributed by atoms with van der Waals surface area (Å²) in [6.07, 6.45) is 0.440. The lowest BCUT2D eigenvalue weighted by Gasteiger charge is -2.15. The lowest BCUT2D eigenvalue weighted by atomic mass is 10.1. The molecule has 0 aliphatic rings. The van der Waals surface area contributed by atoms with Crippen molar-refractivity contribution in [2.75, 3.05) is 13.2 Å². The Balaban J connectivity index is 2.52. The lowest BCUT2D eigenvalue weighted by Crippen LogP contribution is -2.12. The van der Waals surface area contributed by atoms with Gasteiger partial charge in [0.25, 0.3) is 0 Å². The van der Waals surface area contributed by atoms with Crippen molar-refractivity contribution >= 4 is 0 Å². The summed E-state index contributed by atoms with van der Waals surface area (Å²) >= 11 is 0. The molecular weight excluding hydrogens is 216 g/mol. The Morgan fingerprint density at radius 2 is 1.88 bits per heavy atom. The molecule has 0 amide bonds. The van der Waals surface area contributed by atoms with Crippen LogP contribution in [0.4, 0.5) is 0 Å². The zero-order valence-electron chi connectivity index (χ0n) is 10.8. The molecule has 1 aromatic carbocycles. The first-order valence-electron chi connectivity index (χ1n) is 6.16. The molecule has 0 unspecified atom stereocenters. The first-order chi connectivity index (χ1) is 8.15. The van der Waals surface area contributed by atoms with Gasteiger partial charge in [-0.2, -0.15) is 0 Å². The van der Waals surface area contributed by atoms with Gasteiger partial charge >= 0.3 is 0 Å². The van der Waals surface area contributed by atoms with Gasteiger partial charge in [0, 0.05) is 5.56 Å². The lowest BCUT2D eigenvalue weighted by molar-refractivity contribution is 0.0542. The molecule has 0 heterocycles. The molecule has 0 radical (unpaired) electrons. The Kier molecular flexibility index (Phi) is 6.01. The standard InChI is InChI=1S/C14H22O3/c1-4-13(15)12-7-5-6-8-14(12)17-10-9-16-11(2)3/h5-8,11,13,15H,4,9-10H2,1-3H3/t13-/m0/s1. The Morgan fingerprint density at radius 1 is 1.18 bits per heavy atom. The first kappa shape index (κ1) is 14.0. The van der Waals surface area contributed by atoms with Gasteiger partial charge in [0.1, 0.15) is 12.4 Å². The van der Waals surface area contributed by atoms with Crippen molar-refractivity contribution in [2.45, 2.75) is 39.4 Å². The minimum absolute atomic E-state index is 0.218. The first-order valence-corrected chi connectivity index (χ1v) is 6.16. The van der Waals surface area contributed by atoms with Crippen LogP contribution >= 0.6 is 0 Å². The molecule has 3 heteroatoms. The van der Waals surface area contributed by atoms with E-state index in [0.717, 1.165) is 11.3 Å². The number of benzene rings is 1. The summed E-state index contributed by atoms with van der Waals surface area (Å²) in [6, 6.07) is 7.59. The third kappa shape index (κ3) is 4.75. The average Bonchev–Trinajstić information content (AvgIpc) is 2.34. The molecule has 0 spiro atoms. The molecule has 1 rings (SSSR count). The second-order valence-corrected chi connectivity index (χ2v) is 4.23. The molecule has 0 aromatic heterocycles. The summed E-state index contributed by atoms with van der Waals surface area (Å²) in [5.74, 6) is 0.745. The van der Waals surface area contributed by atoms with Gasteiger partial charge < -0.3 is 14.6 Å². The van der Waals surface area contributed by atoms with Crippen LogP contribution in [0.1, 0.15) is 38.9 Å². The highest BCUT2D eigenvalue weighted by Crippen LogP contribution is 2.26. The van der Waals surface area contributed by atoms with E-state index < -0.39 is 6.10 Å². The van der Waals surface area contributed by atoms with Crippen molar-refractivity contribution in [2.24, 2.45) is 0 Å². The fourth-order valence-corrected chi connectivity index (χ4v) is 1.54. The van der Waals surface area contributed by atoms with Crippen LogP contribution < -0.4 is 4.74 Å². The van der Waals surface area contributed by atoms with Crippen LogP contribution in [0, 0.1) is 0 Å². The fraction of sp³-hybridized carbons (Fsp3) is 0.571. The molecule has 0 bridgehead atoms. The second kappa shape index (κ2) is 7.30. The zero-order valence-corrected chi connectivity index (χ0v) is 10.8. The summed E-state index contributed by atoms with van der Waals surface area (Å²) in [4.78, 5) is 0. The van der Waals surface area contributed by atoms with E-state index in [9.17, 15) is 5.11 Å². The van der Waals surface area contributed by atoms with E-state index in [0.29, 0.717) is 19.6 Å². The van der Waals surface area contributed by atoms with Crippen molar-refractivity contribution in [3.8, 4) is 5.75 Å². The zero-order chi connectivity index (χ0) is 12.7. The van der Waals surface area contributed by atoms with Gasteiger partial charge in [0.15, 0.2) is 0 Å². The quantitative estimate of drug-likeness (QED) is 0.742. The van der Waals surface area contributed by atoms with Gasteiger partial charge in [-0.25, -0.2) is 0 Å². The molecule has 0 fully saturated rings. The van der Waals surface area contributed by atoms with Gasteiger partial charge in [0.05, 0.1) is 18.8 Å². The maximum Gasteiger partial charge on any atom is 0.125 e. The summed E-state index contributed by atoms with van der Waals surface area (Å²) in [6.45, 7) is 7.01. The largest absolute Gasteiger partial charge is 0.491 e. The van der Waals surface area contributed by atoms with E-state index in [1.807, 2.05) is 45.0 Å². The third-order valence-electron chi connectivity index (χ3n) is 2.46. The van der Waals surface area contributed by atoms with Gasteiger partial charge in [-0.05, 0) is 26.3 Å². The van der Waals surface area contributed by atoms with E-state index >= 15 is 0 Å². The van der Waals surface area contributed by atoms with E-state index in [2.05, 4.69) is 0 Å². The van der Waals surface area contributed by atoms with Crippen LogP contribution in [0.15, 0.2) is 24.3 Å². The van der Waals surface area contributed by atoms with Crippen LogP contribution in [0.5, 0.6) is 5.75 Å². The Morgan fingerprint density at radius 3 is 2.53 bits per heavy atom. The maximum atomic E-state index is 9.84. The van der Waals surface area contributed by atoms with E-state index in [-0.39, 0.29) is 6.10 Å². The summed E-state index contributed by atoms with van der Waals surface area (Å²) < 4.78 is 11.0. The van der Waals surface area contributed by atoms with Crippen LogP contribution in [0.2, 0.25) is 0 Å². The number of ether oxygens (including phenoxy) is 2. The molecular formula is C14H22O3. The fourth-order valence-electron chi connectivity index (χ4n) is 1.54. The molecule has 17 heavy (non-hydrogen) atoms. The number of hydrogen-bond donors (Lipinski definition) is 1. The van der Waals surface area contributed by atoms with Gasteiger partial charge in [-0.15, -0.1) is 0 Å². The maximum absolute atomic E-state index is 9.84. The topological polar surface area (TPSA) is 38.7 Å². The number of aliphatic hydroxyl groups excluding tert-OH is 1. The van der Waals surface area contributed by atoms with Crippen LogP contribution in [0.3, 0.4) is 0 Å². The predicted octanol–water partition coefficient (Wildman–Crippen LogP) is 2.93. The van der Waals surface area contributed by atoms with Crippen LogP contribution in [0.25, 0.3) is 0 Å². The smallest absolute Gasteiger partial charge is 0.125 e. The van der Waals surface area contributed by atoms with Gasteiger partial charge in [-0.1, -0.05) is 25.1 Å². The monoisotopic (exact) mass is 238 g/mol. The average molecular weight is 238 g/mol. The highest BCUT2D eigenvalue weighted by molar-refractivity contribution is 5.34. The highest BCUT2D eigenvalue weighted by atomic mass is 16.5. The molecule has 96 valence electrons. The van der Waals surface area contributed by atoms with Crippen molar-refractivity contribution in [3.63, 3.8) is 0 Å². The molecule has 0 aliphatic heterocycles. The van der Waals surface area contributed by atoms with E-state index in [4.69, 9.17) is 9.47 Å². The Hall–Kier alpha value is -1.06. The highest BCUT2D eigenvalue weighted by Gasteiger charge is 2.10. The number of aliphatic hydroxyl groups is 1. The Labute approximate surface area is 103 Å². The normalized spacial score (nSPS) is 12.8. The molecule has 1 atom stereocenters. The van der Waals surface area contributed by atoms with E-state index in [1.165, 1.54) is 0 Å². The van der Waals surface area contributed by atoms with Crippen molar-refractivity contribution in [1.29, 1.82) is 0 Å². The van der Waals surface area contributed by atoms with Crippen molar-refractivity contribution < 1.29 is 14.6 Å². The molecule has 0 aliphatic carbocycles. The van der Waals surface area contributed by atoms with Crippen molar-refractivity contribution in [1.82, 2.24) is 0 Å². The minimum atomic E-state index is -0.461. The second-order valence-electron chi connectivity index (χ2n) is 4.23. The third-order valence-corrected chi connectivity index (χ3v) is 2.46. The molecule has 0 saturated carbocycles. The predicted molar refractivity (Wildman–Crippen MR) is 68.3 cm³/mol. The Bertz CT molecular complexity index is 323. The van der Waals surface area contributed by atoms with Crippen LogP contribution in [-0.2, 0) is 4.74 Å². The summed E-state index contributed by atoms with van der Waals surface area (Å²) in [5, 5.41) is 9.84. The minimum Gasteiger partial charge on any atom is -0.491 e. The summed E-state index contributed by atoms with van der Waals surface area (Å²) in [5.41, 5.74) is 0.847. The molecule has 3 nitrogen and oxygen atoms in total. The number of hydrogen-bond acceptors (Lipinski definition) is 3. The van der Waals surface area contributed by atoms with Crippen LogP contribution in [-0.4, -0.2) is 24.4 Å². The molecule has 1 N–H and O–H groups in total. The number of rotatable bonds is 7. The number of para-hydroxylation sites is 1. The SMILES string of the molecule is CC[C@H](O)c1ccccc1OCCOC(C)C. The molecule has 1 aromatic rings. The van der Waals surface area contributed by atoms with Gasteiger partial charge in [-0.3, -0.25) is 0 Å².